The van der Waals surface area contributed by atoms with Gasteiger partial charge in [0.1, 0.15) is 0 Å². The highest BCUT2D eigenvalue weighted by Gasteiger charge is 2.39. The van der Waals surface area contributed by atoms with E-state index in [2.05, 4.69) is 11.9 Å². The first-order valence-corrected chi connectivity index (χ1v) is 3.66. The molecule has 0 N–H and O–H groups in total. The van der Waals surface area contributed by atoms with E-state index in [1.54, 1.807) is 0 Å². The Balaban J connectivity index is 2.63. The highest BCUT2D eigenvalue weighted by molar-refractivity contribution is 4.74. The molecule has 3 nitrogen and oxygen atoms in total. The molecule has 1 rings (SSSR count). The quantitative estimate of drug-likeness (QED) is 0.461. The molecule has 1 heterocycles. The topological polar surface area (TPSA) is 23.3 Å². The molecule has 0 radical (unpaired) electrons. The van der Waals surface area contributed by atoms with E-state index in [9.17, 15) is 4.91 Å². The van der Waals surface area contributed by atoms with Crippen molar-refractivity contribution in [1.82, 2.24) is 4.90 Å². The van der Waals surface area contributed by atoms with Crippen molar-refractivity contribution in [2.24, 2.45) is 0 Å². The third kappa shape index (κ3) is 1.34. The van der Waals surface area contributed by atoms with Crippen LogP contribution in [0.2, 0.25) is 0 Å². The van der Waals surface area contributed by atoms with Gasteiger partial charge in [0.05, 0.1) is 13.1 Å². The SMILES string of the molecule is CN1CC[N+](=O)C(C)(C)C1. The lowest BCUT2D eigenvalue weighted by molar-refractivity contribution is -0.630. The van der Waals surface area contributed by atoms with E-state index in [1.807, 2.05) is 13.8 Å². The predicted octanol–water partition coefficient (Wildman–Crippen LogP) is 0.489. The summed E-state index contributed by atoms with van der Waals surface area (Å²) in [6, 6.07) is 0. The zero-order valence-electron chi connectivity index (χ0n) is 6.92. The molecule has 3 heteroatoms. The first-order chi connectivity index (χ1) is 4.52. The highest BCUT2D eigenvalue weighted by atomic mass is 16.3. The van der Waals surface area contributed by atoms with Crippen LogP contribution in [0.5, 0.6) is 0 Å². The minimum Gasteiger partial charge on any atom is -0.293 e. The van der Waals surface area contributed by atoms with Crippen LogP contribution in [0.15, 0.2) is 0 Å². The fourth-order valence-corrected chi connectivity index (χ4v) is 1.38. The van der Waals surface area contributed by atoms with Gasteiger partial charge in [-0.1, -0.05) is 0 Å². The first kappa shape index (κ1) is 7.66. The van der Waals surface area contributed by atoms with E-state index in [4.69, 9.17) is 0 Å². The Morgan fingerprint density at radius 1 is 1.50 bits per heavy atom. The second-order valence-corrected chi connectivity index (χ2v) is 3.65. The summed E-state index contributed by atoms with van der Waals surface area (Å²) in [6.07, 6.45) is 0. The smallest absolute Gasteiger partial charge is 0.217 e. The van der Waals surface area contributed by atoms with Crippen molar-refractivity contribution in [3.8, 4) is 0 Å². The molecule has 1 aliphatic rings. The molecule has 58 valence electrons. The summed E-state index contributed by atoms with van der Waals surface area (Å²) in [4.78, 5) is 13.3. The minimum atomic E-state index is -0.188. The van der Waals surface area contributed by atoms with E-state index >= 15 is 0 Å². The van der Waals surface area contributed by atoms with Crippen molar-refractivity contribution in [2.45, 2.75) is 19.4 Å². The number of rotatable bonds is 0. The maximum atomic E-state index is 11.2. The molecule has 0 saturated carbocycles. The Labute approximate surface area is 61.6 Å². The number of hydrogen-bond acceptors (Lipinski definition) is 2. The average Bonchev–Trinajstić information content (AvgIpc) is 1.78. The van der Waals surface area contributed by atoms with Gasteiger partial charge in [-0.05, 0) is 7.05 Å². The van der Waals surface area contributed by atoms with Gasteiger partial charge in [0, 0.05) is 23.5 Å². The van der Waals surface area contributed by atoms with Gasteiger partial charge in [0.2, 0.25) is 12.1 Å². The molecule has 0 aromatic rings. The molecule has 1 fully saturated rings. The van der Waals surface area contributed by atoms with E-state index in [-0.39, 0.29) is 5.54 Å². The minimum absolute atomic E-state index is 0.188. The van der Waals surface area contributed by atoms with E-state index < -0.39 is 0 Å². The Kier molecular flexibility index (Phi) is 1.77. The van der Waals surface area contributed by atoms with Gasteiger partial charge in [-0.15, -0.1) is 0 Å². The van der Waals surface area contributed by atoms with Crippen LogP contribution >= 0.6 is 0 Å². The second-order valence-electron chi connectivity index (χ2n) is 3.65. The molecule has 0 aromatic heterocycles. The van der Waals surface area contributed by atoms with Gasteiger partial charge in [0.15, 0.2) is 0 Å². The molecular weight excluding hydrogens is 128 g/mol. The number of likely N-dealkylation sites (N-methyl/N-ethyl adjacent to an activating group) is 1. The summed E-state index contributed by atoms with van der Waals surface area (Å²) in [6.45, 7) is 6.37. The molecule has 0 bridgehead atoms. The molecule has 0 aliphatic carbocycles. The maximum absolute atomic E-state index is 11.2. The number of hydrogen-bond donors (Lipinski definition) is 0. The second kappa shape index (κ2) is 2.31. The summed E-state index contributed by atoms with van der Waals surface area (Å²) >= 11 is 0. The largest absolute Gasteiger partial charge is 0.293 e. The summed E-state index contributed by atoms with van der Waals surface area (Å²) in [5, 5.41) is 0. The normalized spacial score (nSPS) is 26.9. The standard InChI is InChI=1S/C7H15N2O/c1-7(2)6-8(3)4-5-9(7)10/h4-6H2,1-3H3/q+1. The van der Waals surface area contributed by atoms with Gasteiger partial charge in [-0.25, -0.2) is 0 Å². The molecule has 1 aliphatic heterocycles. The lowest BCUT2D eigenvalue weighted by Crippen LogP contribution is -2.52. The van der Waals surface area contributed by atoms with Crippen LogP contribution in [0.4, 0.5) is 0 Å². The fraction of sp³-hybridized carbons (Fsp3) is 1.00. The Morgan fingerprint density at radius 3 is 2.50 bits per heavy atom. The lowest BCUT2D eigenvalue weighted by atomic mass is 10.0. The van der Waals surface area contributed by atoms with Crippen LogP contribution in [-0.4, -0.2) is 41.9 Å². The van der Waals surface area contributed by atoms with Crippen LogP contribution < -0.4 is 0 Å². The van der Waals surface area contributed by atoms with Crippen LogP contribution in [-0.2, 0) is 0 Å². The summed E-state index contributed by atoms with van der Waals surface area (Å²) in [5.74, 6) is 0. The first-order valence-electron chi connectivity index (χ1n) is 3.66. The zero-order valence-corrected chi connectivity index (χ0v) is 6.92. The average molecular weight is 143 g/mol. The molecule has 0 aromatic carbocycles. The van der Waals surface area contributed by atoms with Crippen molar-refractivity contribution in [3.63, 3.8) is 0 Å². The summed E-state index contributed by atoms with van der Waals surface area (Å²) < 4.78 is 1.17. The molecular formula is C7H15N2O+. The van der Waals surface area contributed by atoms with Crippen LogP contribution in [0, 0.1) is 4.91 Å². The van der Waals surface area contributed by atoms with Crippen molar-refractivity contribution in [1.29, 1.82) is 0 Å². The molecule has 0 atom stereocenters. The van der Waals surface area contributed by atoms with Crippen LogP contribution in [0.25, 0.3) is 0 Å². The zero-order chi connectivity index (χ0) is 7.78. The lowest BCUT2D eigenvalue weighted by Gasteiger charge is -2.27. The number of piperazine rings is 1. The maximum Gasteiger partial charge on any atom is 0.217 e. The number of nitrogens with zero attached hydrogens (tertiary/aromatic N) is 2. The Bertz CT molecular complexity index is 154. The fourth-order valence-electron chi connectivity index (χ4n) is 1.38. The Hall–Kier alpha value is -0.440. The van der Waals surface area contributed by atoms with Crippen LogP contribution in [0.1, 0.15) is 13.8 Å². The van der Waals surface area contributed by atoms with Crippen molar-refractivity contribution < 1.29 is 4.76 Å². The van der Waals surface area contributed by atoms with Crippen LogP contribution in [0.3, 0.4) is 0 Å². The van der Waals surface area contributed by atoms with E-state index in [0.717, 1.165) is 13.1 Å². The third-order valence-corrected chi connectivity index (χ3v) is 2.02. The highest BCUT2D eigenvalue weighted by Crippen LogP contribution is 2.13. The summed E-state index contributed by atoms with van der Waals surface area (Å²) in [7, 11) is 2.05. The monoisotopic (exact) mass is 143 g/mol. The van der Waals surface area contributed by atoms with Gasteiger partial charge >= 0.3 is 0 Å². The van der Waals surface area contributed by atoms with Gasteiger partial charge < -0.3 is 0 Å². The van der Waals surface area contributed by atoms with Gasteiger partial charge in [0.25, 0.3) is 0 Å². The molecule has 10 heavy (non-hydrogen) atoms. The Morgan fingerprint density at radius 2 is 2.10 bits per heavy atom. The molecule has 0 spiro atoms. The van der Waals surface area contributed by atoms with E-state index in [0.29, 0.717) is 6.54 Å². The van der Waals surface area contributed by atoms with E-state index in [1.165, 1.54) is 4.76 Å². The molecule has 1 saturated heterocycles. The predicted molar refractivity (Wildman–Crippen MR) is 40.1 cm³/mol. The van der Waals surface area contributed by atoms with Gasteiger partial charge in [-0.3, -0.25) is 4.90 Å². The third-order valence-electron chi connectivity index (χ3n) is 2.02. The summed E-state index contributed by atoms with van der Waals surface area (Å²) in [5.41, 5.74) is -0.188. The molecule has 0 amide bonds. The number of nitroso groups, excluding NO2 is 1. The van der Waals surface area contributed by atoms with Crippen molar-refractivity contribution >= 4 is 0 Å². The van der Waals surface area contributed by atoms with Crippen molar-refractivity contribution in [2.75, 3.05) is 26.7 Å². The van der Waals surface area contributed by atoms with Gasteiger partial charge in [-0.2, -0.15) is 0 Å². The van der Waals surface area contributed by atoms with Crippen molar-refractivity contribution in [3.05, 3.63) is 4.91 Å². The molecule has 0 unspecified atom stereocenters.